The summed E-state index contributed by atoms with van der Waals surface area (Å²) in [5.41, 5.74) is 2.37. The normalized spacial score (nSPS) is 12.3. The molecule has 0 fully saturated rings. The molecule has 1 heterocycles. The van der Waals surface area contributed by atoms with Gasteiger partial charge in [-0.2, -0.15) is 0 Å². The van der Waals surface area contributed by atoms with E-state index in [0.29, 0.717) is 5.92 Å². The summed E-state index contributed by atoms with van der Waals surface area (Å²) in [5.74, 6) is 1.41. The predicted octanol–water partition coefficient (Wildman–Crippen LogP) is 1.83. The number of ether oxygens (including phenoxy) is 1. The van der Waals surface area contributed by atoms with E-state index in [4.69, 9.17) is 4.74 Å². The fraction of sp³-hybridized carbons (Fsp3) is 0.500. The van der Waals surface area contributed by atoms with Crippen LogP contribution in [0.1, 0.15) is 18.2 Å². The van der Waals surface area contributed by atoms with E-state index in [0.717, 1.165) is 37.4 Å². The molecule has 0 aliphatic rings. The van der Waals surface area contributed by atoms with Crippen molar-refractivity contribution < 1.29 is 4.74 Å². The van der Waals surface area contributed by atoms with E-state index in [1.807, 2.05) is 25.4 Å². The topological polar surface area (TPSA) is 52.0 Å². The molecular weight excluding hydrogens is 264 g/mol. The van der Waals surface area contributed by atoms with Gasteiger partial charge in [0.15, 0.2) is 0 Å². The molecule has 1 aromatic carbocycles. The molecule has 1 aromatic heterocycles. The van der Waals surface area contributed by atoms with Gasteiger partial charge >= 0.3 is 0 Å². The van der Waals surface area contributed by atoms with E-state index in [9.17, 15) is 0 Å². The molecule has 5 nitrogen and oxygen atoms in total. The summed E-state index contributed by atoms with van der Waals surface area (Å²) in [5, 5.41) is 11.6. The second-order valence-corrected chi connectivity index (χ2v) is 5.31. The van der Waals surface area contributed by atoms with Gasteiger partial charge < -0.3 is 10.1 Å². The van der Waals surface area contributed by atoms with E-state index in [1.165, 1.54) is 5.56 Å². The van der Waals surface area contributed by atoms with Crippen molar-refractivity contribution in [3.8, 4) is 5.75 Å². The predicted molar refractivity (Wildman–Crippen MR) is 83.4 cm³/mol. The van der Waals surface area contributed by atoms with Crippen LogP contribution in [0.5, 0.6) is 5.75 Å². The molecular formula is C16H24N4O. The van der Waals surface area contributed by atoms with Crippen molar-refractivity contribution in [1.29, 1.82) is 0 Å². The van der Waals surface area contributed by atoms with E-state index in [-0.39, 0.29) is 0 Å². The lowest BCUT2D eigenvalue weighted by Crippen LogP contribution is -2.25. The molecule has 2 aromatic rings. The molecule has 1 atom stereocenters. The van der Waals surface area contributed by atoms with Crippen LogP contribution in [0.25, 0.3) is 0 Å². The summed E-state index contributed by atoms with van der Waals surface area (Å²) in [6, 6.07) is 8.30. The van der Waals surface area contributed by atoms with Crippen LogP contribution in [0.3, 0.4) is 0 Å². The van der Waals surface area contributed by atoms with Gasteiger partial charge in [-0.25, -0.2) is 0 Å². The van der Waals surface area contributed by atoms with Crippen molar-refractivity contribution in [2.75, 3.05) is 20.2 Å². The Balaban J connectivity index is 2.00. The van der Waals surface area contributed by atoms with Crippen LogP contribution >= 0.6 is 0 Å². The number of aryl methyl sites for hydroxylation is 1. The zero-order chi connectivity index (χ0) is 15.1. The minimum absolute atomic E-state index is 0.509. The van der Waals surface area contributed by atoms with Gasteiger partial charge in [0.2, 0.25) is 0 Å². The number of methoxy groups -OCH3 is 1. The first-order valence-corrected chi connectivity index (χ1v) is 7.40. The van der Waals surface area contributed by atoms with Crippen LogP contribution in [0, 0.1) is 5.92 Å². The average molecular weight is 288 g/mol. The molecule has 0 aliphatic heterocycles. The Morgan fingerprint density at radius 3 is 2.57 bits per heavy atom. The minimum Gasteiger partial charge on any atom is -0.497 e. The molecule has 0 saturated carbocycles. The van der Waals surface area contributed by atoms with Crippen LogP contribution in [0.15, 0.2) is 30.5 Å². The molecule has 0 aliphatic carbocycles. The van der Waals surface area contributed by atoms with Crippen molar-refractivity contribution in [2.45, 2.75) is 19.8 Å². The first-order chi connectivity index (χ1) is 10.2. The standard InChI is InChI=1S/C16H24N4O/c1-4-17-11-14(10-15-12-20(2)19-18-15)9-13-5-7-16(21-3)8-6-13/h5-8,12,14,17H,4,9-11H2,1-3H3. The van der Waals surface area contributed by atoms with Crippen molar-refractivity contribution in [3.05, 3.63) is 41.7 Å². The average Bonchev–Trinajstić information content (AvgIpc) is 2.90. The molecule has 2 rings (SSSR count). The molecule has 114 valence electrons. The Bertz CT molecular complexity index is 535. The number of hydrogen-bond donors (Lipinski definition) is 1. The number of benzene rings is 1. The largest absolute Gasteiger partial charge is 0.497 e. The van der Waals surface area contributed by atoms with Gasteiger partial charge in [0.05, 0.1) is 12.8 Å². The summed E-state index contributed by atoms with van der Waals surface area (Å²) in [7, 11) is 3.59. The Morgan fingerprint density at radius 1 is 1.24 bits per heavy atom. The fourth-order valence-electron chi connectivity index (χ4n) is 2.44. The summed E-state index contributed by atoms with van der Waals surface area (Å²) in [4.78, 5) is 0. The third-order valence-electron chi connectivity index (χ3n) is 3.51. The maximum Gasteiger partial charge on any atom is 0.118 e. The van der Waals surface area contributed by atoms with Crippen LogP contribution in [0.2, 0.25) is 0 Å². The molecule has 0 saturated heterocycles. The number of hydrogen-bond acceptors (Lipinski definition) is 4. The van der Waals surface area contributed by atoms with E-state index in [1.54, 1.807) is 11.8 Å². The molecule has 21 heavy (non-hydrogen) atoms. The zero-order valence-corrected chi connectivity index (χ0v) is 13.0. The lowest BCUT2D eigenvalue weighted by atomic mass is 9.94. The Kier molecular flexibility index (Phi) is 5.75. The van der Waals surface area contributed by atoms with Gasteiger partial charge in [0.1, 0.15) is 5.75 Å². The molecule has 0 radical (unpaired) electrons. The van der Waals surface area contributed by atoms with Gasteiger partial charge in [0.25, 0.3) is 0 Å². The van der Waals surface area contributed by atoms with Gasteiger partial charge in [-0.1, -0.05) is 24.3 Å². The number of nitrogens with one attached hydrogen (secondary N) is 1. The highest BCUT2D eigenvalue weighted by Crippen LogP contribution is 2.16. The van der Waals surface area contributed by atoms with Crippen LogP contribution in [-0.2, 0) is 19.9 Å². The lowest BCUT2D eigenvalue weighted by Gasteiger charge is -2.16. The monoisotopic (exact) mass is 288 g/mol. The third kappa shape index (κ3) is 4.86. The second kappa shape index (κ2) is 7.78. The van der Waals surface area contributed by atoms with Gasteiger partial charge in [-0.15, -0.1) is 5.10 Å². The Labute approximate surface area is 126 Å². The highest BCUT2D eigenvalue weighted by atomic mass is 16.5. The molecule has 1 N–H and O–H groups in total. The van der Waals surface area contributed by atoms with Crippen LogP contribution in [-0.4, -0.2) is 35.2 Å². The number of nitrogens with zero attached hydrogens (tertiary/aromatic N) is 3. The Morgan fingerprint density at radius 2 is 2.00 bits per heavy atom. The summed E-state index contributed by atoms with van der Waals surface area (Å²) in [6.45, 7) is 4.10. The van der Waals surface area contributed by atoms with Crippen LogP contribution in [0.4, 0.5) is 0 Å². The van der Waals surface area contributed by atoms with Crippen molar-refractivity contribution in [3.63, 3.8) is 0 Å². The zero-order valence-electron chi connectivity index (χ0n) is 13.0. The Hall–Kier alpha value is -1.88. The molecule has 5 heteroatoms. The van der Waals surface area contributed by atoms with E-state index >= 15 is 0 Å². The summed E-state index contributed by atoms with van der Waals surface area (Å²) in [6.07, 6.45) is 3.95. The minimum atomic E-state index is 0.509. The first kappa shape index (κ1) is 15.5. The molecule has 0 spiro atoms. The SMILES string of the molecule is CCNCC(Cc1ccc(OC)cc1)Cc1cn(C)nn1. The highest BCUT2D eigenvalue weighted by molar-refractivity contribution is 5.27. The number of aromatic nitrogens is 3. The molecule has 0 bridgehead atoms. The fourth-order valence-corrected chi connectivity index (χ4v) is 2.44. The molecule has 0 amide bonds. The summed E-state index contributed by atoms with van der Waals surface area (Å²) >= 11 is 0. The molecule has 1 unspecified atom stereocenters. The third-order valence-corrected chi connectivity index (χ3v) is 3.51. The van der Waals surface area contributed by atoms with Crippen molar-refractivity contribution >= 4 is 0 Å². The smallest absolute Gasteiger partial charge is 0.118 e. The quantitative estimate of drug-likeness (QED) is 0.805. The number of rotatable bonds is 8. The van der Waals surface area contributed by atoms with Gasteiger partial charge in [-0.05, 0) is 49.5 Å². The van der Waals surface area contributed by atoms with Gasteiger partial charge in [-0.3, -0.25) is 4.68 Å². The first-order valence-electron chi connectivity index (χ1n) is 7.40. The second-order valence-electron chi connectivity index (χ2n) is 5.31. The maximum atomic E-state index is 5.20. The van der Waals surface area contributed by atoms with Crippen molar-refractivity contribution in [2.24, 2.45) is 13.0 Å². The van der Waals surface area contributed by atoms with Crippen molar-refractivity contribution in [1.82, 2.24) is 20.3 Å². The summed E-state index contributed by atoms with van der Waals surface area (Å²) < 4.78 is 6.96. The van der Waals surface area contributed by atoms with E-state index in [2.05, 4.69) is 34.7 Å². The van der Waals surface area contributed by atoms with E-state index < -0.39 is 0 Å². The lowest BCUT2D eigenvalue weighted by molar-refractivity contribution is 0.414. The maximum absolute atomic E-state index is 5.20. The highest BCUT2D eigenvalue weighted by Gasteiger charge is 2.12. The van der Waals surface area contributed by atoms with Gasteiger partial charge in [0, 0.05) is 13.2 Å². The van der Waals surface area contributed by atoms with Crippen LogP contribution < -0.4 is 10.1 Å².